The number of aromatic nitrogens is 1. The molecule has 2 fully saturated rings. The molecule has 5 atom stereocenters. The minimum atomic E-state index is -1.54. The number of imide groups is 1. The van der Waals surface area contributed by atoms with E-state index in [9.17, 15) is 9.59 Å². The Hall–Kier alpha value is -8.10. The van der Waals surface area contributed by atoms with Crippen LogP contribution in [0.3, 0.4) is 0 Å². The van der Waals surface area contributed by atoms with E-state index in [0.717, 1.165) is 59.1 Å². The lowest BCUT2D eigenvalue weighted by atomic mass is 9.86. The smallest absolute Gasteiger partial charge is 0.264 e. The Morgan fingerprint density at radius 3 is 1.66 bits per heavy atom. The molecule has 7 aromatic carbocycles. The summed E-state index contributed by atoms with van der Waals surface area (Å²) in [5.41, 5.74) is 5.33. The Labute approximate surface area is 437 Å². The molecule has 12 nitrogen and oxygen atoms in total. The van der Waals surface area contributed by atoms with Gasteiger partial charge in [-0.05, 0) is 75.4 Å². The second-order valence-electron chi connectivity index (χ2n) is 18.4. The zero-order valence-corrected chi connectivity index (χ0v) is 41.8. The fraction of sp³-hybridized carbons (Fsp3) is 0.180. The van der Waals surface area contributed by atoms with E-state index in [-0.39, 0.29) is 19.5 Å². The molecular weight excluding hydrogens is 995 g/mol. The molecule has 5 amide bonds. The number of carbonyl (C=O) groups excluding carboxylic acids is 5. The van der Waals surface area contributed by atoms with Gasteiger partial charge in [-0.15, -0.1) is 0 Å². The first-order chi connectivity index (χ1) is 36.3. The predicted molar refractivity (Wildman–Crippen MR) is 283 cm³/mol. The Morgan fingerprint density at radius 2 is 1.14 bits per heavy atom. The first-order valence-corrected chi connectivity index (χ1v) is 25.3. The van der Waals surface area contributed by atoms with Gasteiger partial charge in [-0.3, -0.25) is 33.9 Å². The quantitative estimate of drug-likeness (QED) is 0.0453. The number of pyridine rings is 1. The zero-order valence-electron chi connectivity index (χ0n) is 40.2. The van der Waals surface area contributed by atoms with Crippen LogP contribution in [0.25, 0.3) is 10.8 Å². The number of carbonyl (C=O) groups is 5. The third kappa shape index (κ3) is 10.5. The SMILES string of the molecule is O=CN(Cc1ccccc1)C(C(=O)NCc1ccccc1Br)N1C(=O)C(N2C(=O)C(OC(c3ccccc3)c3ccccc3)C(OC(c3ccccc3)c3ccccc3)C2=O)C1CCc1ccc2ccncc2c1. The van der Waals surface area contributed by atoms with Crippen molar-refractivity contribution in [1.29, 1.82) is 0 Å². The molecule has 74 heavy (non-hydrogen) atoms. The van der Waals surface area contributed by atoms with Crippen LogP contribution in [0.4, 0.5) is 0 Å². The highest BCUT2D eigenvalue weighted by Gasteiger charge is 2.63. The highest BCUT2D eigenvalue weighted by atomic mass is 79.9. The zero-order chi connectivity index (χ0) is 51.0. The molecule has 3 heterocycles. The van der Waals surface area contributed by atoms with Gasteiger partial charge in [-0.1, -0.05) is 198 Å². The largest absolute Gasteiger partial charge is 0.352 e. The number of hydrogen-bond donors (Lipinski definition) is 1. The normalized spacial score (nSPS) is 17.9. The van der Waals surface area contributed by atoms with E-state index in [2.05, 4.69) is 26.2 Å². The molecule has 2 aliphatic heterocycles. The van der Waals surface area contributed by atoms with Gasteiger partial charge >= 0.3 is 0 Å². The van der Waals surface area contributed by atoms with E-state index in [1.807, 2.05) is 200 Å². The summed E-state index contributed by atoms with van der Waals surface area (Å²) < 4.78 is 14.7. The van der Waals surface area contributed by atoms with Crippen molar-refractivity contribution in [2.24, 2.45) is 0 Å². The topological polar surface area (TPSA) is 138 Å². The van der Waals surface area contributed by atoms with Crippen LogP contribution in [0.2, 0.25) is 0 Å². The van der Waals surface area contributed by atoms with E-state index in [1.54, 1.807) is 12.4 Å². The van der Waals surface area contributed by atoms with Crippen molar-refractivity contribution in [2.75, 3.05) is 0 Å². The van der Waals surface area contributed by atoms with Crippen LogP contribution < -0.4 is 5.32 Å². The van der Waals surface area contributed by atoms with E-state index >= 15 is 14.4 Å². The number of likely N-dealkylation sites (tertiary alicyclic amines) is 2. The fourth-order valence-corrected chi connectivity index (χ4v) is 10.5. The Balaban J connectivity index is 1.06. The summed E-state index contributed by atoms with van der Waals surface area (Å²) in [4.78, 5) is 83.0. The lowest BCUT2D eigenvalue weighted by molar-refractivity contribution is -0.183. The van der Waals surface area contributed by atoms with Crippen LogP contribution in [0.1, 0.15) is 57.6 Å². The summed E-state index contributed by atoms with van der Waals surface area (Å²) in [6.45, 7) is 0.0512. The van der Waals surface area contributed by atoms with Crippen molar-refractivity contribution >= 4 is 56.7 Å². The van der Waals surface area contributed by atoms with Gasteiger partial charge in [0.1, 0.15) is 18.2 Å². The minimum Gasteiger partial charge on any atom is -0.352 e. The van der Waals surface area contributed by atoms with Crippen LogP contribution in [-0.4, -0.2) is 80.2 Å². The van der Waals surface area contributed by atoms with Gasteiger partial charge in [0.15, 0.2) is 18.4 Å². The maximum atomic E-state index is 15.6. The average Bonchev–Trinajstić information content (AvgIpc) is 3.67. The van der Waals surface area contributed by atoms with E-state index in [1.165, 1.54) is 9.80 Å². The van der Waals surface area contributed by atoms with Crippen LogP contribution >= 0.6 is 15.9 Å². The summed E-state index contributed by atoms with van der Waals surface area (Å²) in [7, 11) is 0. The third-order valence-electron chi connectivity index (χ3n) is 13.7. The van der Waals surface area contributed by atoms with E-state index in [4.69, 9.17) is 9.47 Å². The second kappa shape index (κ2) is 22.8. The molecule has 5 unspecified atom stereocenters. The molecule has 370 valence electrons. The molecule has 0 bridgehead atoms. The van der Waals surface area contributed by atoms with Gasteiger partial charge in [-0.25, -0.2) is 0 Å². The standard InChI is InChI=1S/C61H52BrN5O7/c62-50-29-17-16-28-48(50)38-64-57(69)58(65(40-68)39-42-18-6-1-7-19-42)66-51(33-31-41-30-32-43-34-35-63-37-49(43)36-41)52(59(66)70)67-60(71)55(73-53(44-20-8-2-9-21-44)45-22-10-3-11-23-45)56(61(67)72)74-54(46-24-12-4-13-25-46)47-26-14-5-15-27-47/h1-30,32,34-37,40,51-56,58H,31,33,38-39H2,(H,64,69). The number of nitrogens with one attached hydrogen (secondary N) is 1. The van der Waals surface area contributed by atoms with Gasteiger partial charge in [0, 0.05) is 35.3 Å². The average molecular weight is 1050 g/mol. The number of β-lactam (4-membered cyclic amide) rings is 1. The van der Waals surface area contributed by atoms with Gasteiger partial charge < -0.3 is 24.6 Å². The van der Waals surface area contributed by atoms with Crippen LogP contribution in [0.5, 0.6) is 0 Å². The number of halogens is 1. The second-order valence-corrected chi connectivity index (χ2v) is 19.2. The summed E-state index contributed by atoms with van der Waals surface area (Å²) in [5, 5.41) is 4.89. The lowest BCUT2D eigenvalue weighted by Crippen LogP contribution is -2.77. The van der Waals surface area contributed by atoms with Gasteiger partial charge in [0.05, 0.1) is 6.04 Å². The minimum absolute atomic E-state index is 0.0234. The van der Waals surface area contributed by atoms with Crippen LogP contribution in [0, 0.1) is 0 Å². The number of ether oxygens (including phenoxy) is 2. The Bertz CT molecular complexity index is 3060. The molecule has 0 radical (unpaired) electrons. The van der Waals surface area contributed by atoms with Crippen molar-refractivity contribution in [2.45, 2.75) is 68.6 Å². The summed E-state index contributed by atoms with van der Waals surface area (Å²) >= 11 is 3.57. The summed E-state index contributed by atoms with van der Waals surface area (Å²) in [6.07, 6.45) is -1.61. The molecule has 10 rings (SSSR count). The maximum Gasteiger partial charge on any atom is 0.264 e. The summed E-state index contributed by atoms with van der Waals surface area (Å²) in [6, 6.07) is 59.8. The predicted octanol–water partition coefficient (Wildman–Crippen LogP) is 9.53. The van der Waals surface area contributed by atoms with Crippen molar-refractivity contribution < 1.29 is 33.4 Å². The fourth-order valence-electron chi connectivity index (χ4n) is 10.0. The highest BCUT2D eigenvalue weighted by Crippen LogP contribution is 2.41. The summed E-state index contributed by atoms with van der Waals surface area (Å²) in [5.74, 6) is -2.84. The van der Waals surface area contributed by atoms with E-state index < -0.39 is 66.3 Å². The van der Waals surface area contributed by atoms with Crippen molar-refractivity contribution in [1.82, 2.24) is 25.0 Å². The van der Waals surface area contributed by atoms with E-state index in [0.29, 0.717) is 12.8 Å². The first kappa shape index (κ1) is 49.5. The molecule has 0 aliphatic carbocycles. The molecule has 0 spiro atoms. The Morgan fingerprint density at radius 1 is 0.622 bits per heavy atom. The molecular formula is C61H52BrN5O7. The van der Waals surface area contributed by atoms with Crippen molar-refractivity contribution in [3.05, 3.63) is 256 Å². The van der Waals surface area contributed by atoms with Crippen LogP contribution in [-0.2, 0) is 53.0 Å². The van der Waals surface area contributed by atoms with Gasteiger partial charge in [0.2, 0.25) is 12.3 Å². The number of rotatable bonds is 20. The number of fused-ring (bicyclic) bond motifs is 1. The van der Waals surface area contributed by atoms with Gasteiger partial charge in [-0.2, -0.15) is 0 Å². The first-order valence-electron chi connectivity index (χ1n) is 24.6. The number of aryl methyl sites for hydroxylation is 1. The molecule has 13 heteroatoms. The Kier molecular flexibility index (Phi) is 15.2. The third-order valence-corrected chi connectivity index (χ3v) is 14.5. The highest BCUT2D eigenvalue weighted by molar-refractivity contribution is 9.10. The van der Waals surface area contributed by atoms with Crippen LogP contribution in [0.15, 0.2) is 217 Å². The number of benzene rings is 7. The number of hydrogen-bond acceptors (Lipinski definition) is 8. The van der Waals surface area contributed by atoms with Gasteiger partial charge in [0.25, 0.3) is 17.7 Å². The van der Waals surface area contributed by atoms with Crippen molar-refractivity contribution in [3.8, 4) is 0 Å². The molecule has 1 N–H and O–H groups in total. The monoisotopic (exact) mass is 1050 g/mol. The molecule has 2 aliphatic rings. The lowest BCUT2D eigenvalue weighted by Gasteiger charge is -2.54. The maximum absolute atomic E-state index is 15.6. The van der Waals surface area contributed by atoms with Crippen molar-refractivity contribution in [3.63, 3.8) is 0 Å². The molecule has 0 saturated carbocycles. The number of nitrogens with zero attached hydrogens (tertiary/aromatic N) is 4. The number of amides is 5. The molecule has 8 aromatic rings. The molecule has 2 saturated heterocycles. The molecule has 1 aromatic heterocycles.